The van der Waals surface area contributed by atoms with Crippen molar-refractivity contribution in [2.45, 2.75) is 19.3 Å². The molecule has 0 atom stereocenters. The fourth-order valence-electron chi connectivity index (χ4n) is 1.80. The minimum atomic E-state index is 0.580. The normalized spacial score (nSPS) is 10.9. The van der Waals surface area contributed by atoms with Crippen molar-refractivity contribution in [2.24, 2.45) is 0 Å². The number of fused-ring (bicyclic) bond motifs is 1. The molecule has 18 heavy (non-hydrogen) atoms. The third-order valence-electron chi connectivity index (χ3n) is 2.79. The lowest BCUT2D eigenvalue weighted by atomic mass is 10.2. The molecular weight excluding hydrogens is 232 g/mol. The first-order chi connectivity index (χ1) is 8.83. The van der Waals surface area contributed by atoms with E-state index in [9.17, 15) is 0 Å². The second-order valence-corrected chi connectivity index (χ2v) is 4.14. The molecule has 3 N–H and O–H groups in total. The summed E-state index contributed by atoms with van der Waals surface area (Å²) in [5.74, 6) is 0. The Bertz CT molecular complexity index is 498. The van der Waals surface area contributed by atoms with Crippen molar-refractivity contribution in [2.75, 3.05) is 31.3 Å². The van der Waals surface area contributed by atoms with E-state index in [4.69, 9.17) is 15.1 Å². The van der Waals surface area contributed by atoms with Crippen molar-refractivity contribution < 1.29 is 9.37 Å². The molecule has 0 saturated carbocycles. The van der Waals surface area contributed by atoms with Crippen LogP contribution >= 0.6 is 0 Å². The van der Waals surface area contributed by atoms with Crippen LogP contribution in [0.3, 0.4) is 0 Å². The third-order valence-corrected chi connectivity index (χ3v) is 2.79. The lowest BCUT2D eigenvalue weighted by Gasteiger charge is -2.06. The molecule has 0 aliphatic heterocycles. The number of unbranched alkanes of at least 4 members (excludes halogenated alkanes) is 2. The number of nitrogens with zero attached hydrogens (tertiary/aromatic N) is 2. The number of nitrogen functional groups attached to an aromatic ring is 1. The standard InChI is InChI=1S/C12H18N4O2/c1-17-8-4-2-3-7-14-10-6-5-9(13)11-12(10)16-18-15-11/h5-6,14H,2-4,7-8,13H2,1H3. The summed E-state index contributed by atoms with van der Waals surface area (Å²) in [6.07, 6.45) is 3.30. The van der Waals surface area contributed by atoms with Gasteiger partial charge in [-0.1, -0.05) is 0 Å². The van der Waals surface area contributed by atoms with Crippen LogP contribution in [0.5, 0.6) is 0 Å². The highest BCUT2D eigenvalue weighted by Crippen LogP contribution is 2.24. The third kappa shape index (κ3) is 2.89. The van der Waals surface area contributed by atoms with E-state index in [2.05, 4.69) is 15.6 Å². The van der Waals surface area contributed by atoms with Gasteiger partial charge in [0.25, 0.3) is 0 Å². The summed E-state index contributed by atoms with van der Waals surface area (Å²) in [5.41, 5.74) is 8.56. The molecule has 1 heterocycles. The fourth-order valence-corrected chi connectivity index (χ4v) is 1.80. The number of rotatable bonds is 7. The van der Waals surface area contributed by atoms with E-state index in [1.807, 2.05) is 6.07 Å². The van der Waals surface area contributed by atoms with Crippen LogP contribution in [0.25, 0.3) is 11.0 Å². The molecular formula is C12H18N4O2. The average molecular weight is 250 g/mol. The van der Waals surface area contributed by atoms with Gasteiger partial charge < -0.3 is 15.8 Å². The molecule has 0 unspecified atom stereocenters. The topological polar surface area (TPSA) is 86.2 Å². The molecule has 0 aliphatic carbocycles. The molecule has 2 aromatic rings. The van der Waals surface area contributed by atoms with Gasteiger partial charge in [0.2, 0.25) is 0 Å². The molecule has 0 amide bonds. The summed E-state index contributed by atoms with van der Waals surface area (Å²) in [6, 6.07) is 3.71. The second kappa shape index (κ2) is 6.20. The molecule has 6 heteroatoms. The van der Waals surface area contributed by atoms with Gasteiger partial charge in [0, 0.05) is 20.3 Å². The van der Waals surface area contributed by atoms with Crippen molar-refractivity contribution >= 4 is 22.4 Å². The van der Waals surface area contributed by atoms with Crippen LogP contribution in [-0.2, 0) is 4.74 Å². The summed E-state index contributed by atoms with van der Waals surface area (Å²) >= 11 is 0. The first kappa shape index (κ1) is 12.6. The van der Waals surface area contributed by atoms with E-state index in [0.717, 1.165) is 38.1 Å². The Labute approximate surface area is 105 Å². The lowest BCUT2D eigenvalue weighted by molar-refractivity contribution is 0.192. The van der Waals surface area contributed by atoms with E-state index in [1.54, 1.807) is 13.2 Å². The summed E-state index contributed by atoms with van der Waals surface area (Å²) in [7, 11) is 1.72. The molecule has 1 aromatic carbocycles. The first-order valence-electron chi connectivity index (χ1n) is 6.06. The quantitative estimate of drug-likeness (QED) is 0.577. The summed E-state index contributed by atoms with van der Waals surface area (Å²) < 4.78 is 9.71. The molecule has 0 bridgehead atoms. The number of anilines is 2. The Kier molecular flexibility index (Phi) is 4.35. The van der Waals surface area contributed by atoms with Gasteiger partial charge in [-0.05, 0) is 41.7 Å². The van der Waals surface area contributed by atoms with E-state index in [-0.39, 0.29) is 0 Å². The highest BCUT2D eigenvalue weighted by atomic mass is 16.6. The van der Waals surface area contributed by atoms with Gasteiger partial charge in [0.1, 0.15) is 0 Å². The summed E-state index contributed by atoms with van der Waals surface area (Å²) in [6.45, 7) is 1.70. The Balaban J connectivity index is 1.88. The maximum absolute atomic E-state index is 5.78. The maximum Gasteiger partial charge on any atom is 0.160 e. The smallest absolute Gasteiger partial charge is 0.160 e. The molecule has 0 spiro atoms. The number of nitrogens with one attached hydrogen (secondary N) is 1. The minimum absolute atomic E-state index is 0.580. The van der Waals surface area contributed by atoms with Gasteiger partial charge >= 0.3 is 0 Å². The van der Waals surface area contributed by atoms with Crippen LogP contribution in [-0.4, -0.2) is 30.6 Å². The Hall–Kier alpha value is -1.82. The van der Waals surface area contributed by atoms with Gasteiger partial charge in [0.15, 0.2) is 11.0 Å². The molecule has 0 fully saturated rings. The Morgan fingerprint density at radius 1 is 1.22 bits per heavy atom. The zero-order valence-electron chi connectivity index (χ0n) is 10.5. The number of benzene rings is 1. The largest absolute Gasteiger partial charge is 0.397 e. The van der Waals surface area contributed by atoms with E-state index in [0.29, 0.717) is 16.7 Å². The maximum atomic E-state index is 5.78. The van der Waals surface area contributed by atoms with Gasteiger partial charge in [-0.2, -0.15) is 0 Å². The van der Waals surface area contributed by atoms with Gasteiger partial charge in [-0.15, -0.1) is 0 Å². The second-order valence-electron chi connectivity index (χ2n) is 4.14. The number of ether oxygens (including phenoxy) is 1. The highest BCUT2D eigenvalue weighted by Gasteiger charge is 2.09. The van der Waals surface area contributed by atoms with Crippen molar-refractivity contribution in [1.29, 1.82) is 0 Å². The van der Waals surface area contributed by atoms with Crippen molar-refractivity contribution in [1.82, 2.24) is 10.3 Å². The van der Waals surface area contributed by atoms with Crippen LogP contribution in [0.4, 0.5) is 11.4 Å². The van der Waals surface area contributed by atoms with Crippen molar-refractivity contribution in [3.05, 3.63) is 12.1 Å². The summed E-state index contributed by atoms with van der Waals surface area (Å²) in [5, 5.41) is 11.0. The Morgan fingerprint density at radius 2 is 2.06 bits per heavy atom. The van der Waals surface area contributed by atoms with E-state index in [1.165, 1.54) is 0 Å². The minimum Gasteiger partial charge on any atom is -0.397 e. The van der Waals surface area contributed by atoms with Gasteiger partial charge in [0.05, 0.1) is 11.4 Å². The van der Waals surface area contributed by atoms with Crippen LogP contribution in [0.2, 0.25) is 0 Å². The monoisotopic (exact) mass is 250 g/mol. The highest BCUT2D eigenvalue weighted by molar-refractivity contribution is 5.94. The van der Waals surface area contributed by atoms with Crippen molar-refractivity contribution in [3.63, 3.8) is 0 Å². The first-order valence-corrected chi connectivity index (χ1v) is 6.06. The van der Waals surface area contributed by atoms with Crippen LogP contribution in [0.15, 0.2) is 16.8 Å². The molecule has 0 radical (unpaired) electrons. The SMILES string of the molecule is COCCCCCNc1ccc(N)c2nonc12. The zero-order valence-corrected chi connectivity index (χ0v) is 10.5. The molecule has 6 nitrogen and oxygen atoms in total. The van der Waals surface area contributed by atoms with E-state index >= 15 is 0 Å². The predicted octanol–water partition coefficient (Wildman–Crippen LogP) is 2.03. The number of methoxy groups -OCH3 is 1. The van der Waals surface area contributed by atoms with Gasteiger partial charge in [-0.3, -0.25) is 0 Å². The Morgan fingerprint density at radius 3 is 2.89 bits per heavy atom. The number of hydrogen-bond donors (Lipinski definition) is 2. The molecule has 98 valence electrons. The van der Waals surface area contributed by atoms with Crippen LogP contribution in [0.1, 0.15) is 19.3 Å². The molecule has 0 aliphatic rings. The predicted molar refractivity (Wildman–Crippen MR) is 70.4 cm³/mol. The average Bonchev–Trinajstić information content (AvgIpc) is 2.86. The number of hydrogen-bond acceptors (Lipinski definition) is 6. The van der Waals surface area contributed by atoms with Gasteiger partial charge in [-0.25, -0.2) is 4.63 Å². The van der Waals surface area contributed by atoms with Crippen LogP contribution < -0.4 is 11.1 Å². The fraction of sp³-hybridized carbons (Fsp3) is 0.500. The molecule has 0 saturated heterocycles. The number of nitrogens with two attached hydrogens (primary N) is 1. The van der Waals surface area contributed by atoms with E-state index < -0.39 is 0 Å². The van der Waals surface area contributed by atoms with Crippen LogP contribution in [0, 0.1) is 0 Å². The lowest BCUT2D eigenvalue weighted by Crippen LogP contribution is -2.03. The van der Waals surface area contributed by atoms with Crippen molar-refractivity contribution in [3.8, 4) is 0 Å². The zero-order chi connectivity index (χ0) is 12.8. The molecule has 2 rings (SSSR count). The number of aromatic nitrogens is 2. The molecule has 1 aromatic heterocycles. The summed E-state index contributed by atoms with van der Waals surface area (Å²) in [4.78, 5) is 0.